The van der Waals surface area contributed by atoms with Crippen molar-refractivity contribution in [3.8, 4) is 11.6 Å². The van der Waals surface area contributed by atoms with E-state index in [4.69, 9.17) is 4.42 Å². The Kier molecular flexibility index (Phi) is 3.36. The van der Waals surface area contributed by atoms with E-state index in [1.165, 1.54) is 30.5 Å². The molecule has 0 fully saturated rings. The largest absolute Gasteiger partial charge is 0.461 e. The molecular formula is C13H9N5O4. The normalized spacial score (nSPS) is 10.4. The van der Waals surface area contributed by atoms with E-state index in [0.717, 1.165) is 0 Å². The molecule has 1 amide bonds. The highest BCUT2D eigenvalue weighted by Crippen LogP contribution is 2.17. The van der Waals surface area contributed by atoms with Gasteiger partial charge in [-0.05, 0) is 18.2 Å². The standard InChI is InChI=1S/C13H9N5O4/c19-12(8-3-1-4-9(7-8)18(20)21)15-13-14-11(16-17-13)10-5-2-6-22-10/h1-7H,(H2,14,15,16,17,19). The summed E-state index contributed by atoms with van der Waals surface area (Å²) in [5.41, 5.74) is -0.0301. The van der Waals surface area contributed by atoms with E-state index in [2.05, 4.69) is 20.5 Å². The summed E-state index contributed by atoms with van der Waals surface area (Å²) in [6, 6.07) is 8.75. The van der Waals surface area contributed by atoms with Gasteiger partial charge in [0.1, 0.15) is 0 Å². The third-order valence-electron chi connectivity index (χ3n) is 2.78. The van der Waals surface area contributed by atoms with E-state index in [1.807, 2.05) is 0 Å². The summed E-state index contributed by atoms with van der Waals surface area (Å²) < 4.78 is 5.14. The fraction of sp³-hybridized carbons (Fsp3) is 0. The van der Waals surface area contributed by atoms with Crippen LogP contribution >= 0.6 is 0 Å². The van der Waals surface area contributed by atoms with Crippen molar-refractivity contribution in [1.82, 2.24) is 15.2 Å². The first-order valence-electron chi connectivity index (χ1n) is 6.15. The Morgan fingerprint density at radius 1 is 1.32 bits per heavy atom. The summed E-state index contributed by atoms with van der Waals surface area (Å²) >= 11 is 0. The molecule has 0 unspecified atom stereocenters. The molecule has 0 saturated heterocycles. The molecule has 2 N–H and O–H groups in total. The average molecular weight is 299 g/mol. The number of carbonyl (C=O) groups excluding carboxylic acids is 1. The van der Waals surface area contributed by atoms with Crippen LogP contribution in [-0.2, 0) is 0 Å². The molecule has 3 rings (SSSR count). The van der Waals surface area contributed by atoms with Gasteiger partial charge >= 0.3 is 0 Å². The number of H-pyrrole nitrogens is 1. The number of hydrogen-bond acceptors (Lipinski definition) is 6. The molecule has 1 aromatic carbocycles. The van der Waals surface area contributed by atoms with Gasteiger partial charge < -0.3 is 4.42 Å². The van der Waals surface area contributed by atoms with Crippen molar-refractivity contribution in [3.05, 3.63) is 58.3 Å². The molecule has 0 aliphatic carbocycles. The van der Waals surface area contributed by atoms with Crippen LogP contribution in [-0.4, -0.2) is 26.0 Å². The Bertz CT molecular complexity index is 825. The molecule has 2 heterocycles. The summed E-state index contributed by atoms with van der Waals surface area (Å²) in [6.45, 7) is 0. The number of nitrogens with zero attached hydrogens (tertiary/aromatic N) is 3. The molecule has 3 aromatic rings. The minimum Gasteiger partial charge on any atom is -0.461 e. The van der Waals surface area contributed by atoms with Gasteiger partial charge in [0.05, 0.1) is 11.2 Å². The first kappa shape index (κ1) is 13.5. The van der Waals surface area contributed by atoms with Crippen LogP contribution in [0.5, 0.6) is 0 Å². The van der Waals surface area contributed by atoms with Crippen LogP contribution in [0.1, 0.15) is 10.4 Å². The van der Waals surface area contributed by atoms with E-state index in [1.54, 1.807) is 12.1 Å². The van der Waals surface area contributed by atoms with Gasteiger partial charge in [0.15, 0.2) is 11.6 Å². The third-order valence-corrected chi connectivity index (χ3v) is 2.78. The topological polar surface area (TPSA) is 127 Å². The molecule has 22 heavy (non-hydrogen) atoms. The monoisotopic (exact) mass is 299 g/mol. The zero-order chi connectivity index (χ0) is 15.5. The van der Waals surface area contributed by atoms with Gasteiger partial charge in [-0.1, -0.05) is 6.07 Å². The average Bonchev–Trinajstić information content (AvgIpc) is 3.18. The predicted octanol–water partition coefficient (Wildman–Crippen LogP) is 2.23. The molecule has 2 aromatic heterocycles. The van der Waals surface area contributed by atoms with Crippen LogP contribution in [0.3, 0.4) is 0 Å². The molecule has 0 atom stereocenters. The molecule has 0 bridgehead atoms. The Morgan fingerprint density at radius 2 is 2.18 bits per heavy atom. The molecule has 110 valence electrons. The number of amides is 1. The van der Waals surface area contributed by atoms with Crippen LogP contribution in [0.15, 0.2) is 47.1 Å². The fourth-order valence-corrected chi connectivity index (χ4v) is 1.78. The van der Waals surface area contributed by atoms with Gasteiger partial charge in [-0.15, -0.1) is 5.10 Å². The lowest BCUT2D eigenvalue weighted by Gasteiger charge is -2.00. The van der Waals surface area contributed by atoms with Crippen LogP contribution in [0.4, 0.5) is 11.6 Å². The number of nitrogens with one attached hydrogen (secondary N) is 2. The Balaban J connectivity index is 1.77. The van der Waals surface area contributed by atoms with E-state index in [-0.39, 0.29) is 17.2 Å². The number of benzene rings is 1. The number of nitro groups is 1. The van der Waals surface area contributed by atoms with Crippen LogP contribution in [0, 0.1) is 10.1 Å². The Morgan fingerprint density at radius 3 is 2.91 bits per heavy atom. The van der Waals surface area contributed by atoms with E-state index < -0.39 is 10.8 Å². The zero-order valence-electron chi connectivity index (χ0n) is 11.0. The molecule has 0 saturated carbocycles. The summed E-state index contributed by atoms with van der Waals surface area (Å²) in [5, 5.41) is 19.6. The maximum atomic E-state index is 12.0. The van der Waals surface area contributed by atoms with Gasteiger partial charge in [-0.2, -0.15) is 4.98 Å². The predicted molar refractivity (Wildman–Crippen MR) is 75.1 cm³/mol. The van der Waals surface area contributed by atoms with Crippen LogP contribution in [0.25, 0.3) is 11.6 Å². The number of rotatable bonds is 4. The minimum atomic E-state index is -0.571. The van der Waals surface area contributed by atoms with Gasteiger partial charge in [-0.25, -0.2) is 0 Å². The van der Waals surface area contributed by atoms with E-state index >= 15 is 0 Å². The number of aromatic nitrogens is 3. The molecule has 9 nitrogen and oxygen atoms in total. The lowest BCUT2D eigenvalue weighted by Crippen LogP contribution is -2.13. The van der Waals surface area contributed by atoms with Gasteiger partial charge in [0.25, 0.3) is 11.6 Å². The number of aromatic amines is 1. The summed E-state index contributed by atoms with van der Waals surface area (Å²) in [5.74, 6) is 0.333. The quantitative estimate of drug-likeness (QED) is 0.561. The Hall–Kier alpha value is -3.49. The van der Waals surface area contributed by atoms with E-state index in [0.29, 0.717) is 11.6 Å². The highest BCUT2D eigenvalue weighted by Gasteiger charge is 2.14. The maximum Gasteiger partial charge on any atom is 0.270 e. The van der Waals surface area contributed by atoms with Gasteiger partial charge in [0.2, 0.25) is 5.95 Å². The summed E-state index contributed by atoms with van der Waals surface area (Å²) in [7, 11) is 0. The smallest absolute Gasteiger partial charge is 0.270 e. The van der Waals surface area contributed by atoms with Crippen LogP contribution < -0.4 is 5.32 Å². The second-order valence-corrected chi connectivity index (χ2v) is 4.25. The number of non-ortho nitro benzene ring substituents is 1. The lowest BCUT2D eigenvalue weighted by molar-refractivity contribution is -0.384. The highest BCUT2D eigenvalue weighted by molar-refractivity contribution is 6.03. The number of hydrogen-bond donors (Lipinski definition) is 2. The zero-order valence-corrected chi connectivity index (χ0v) is 11.0. The molecule has 0 aliphatic rings. The number of furan rings is 1. The maximum absolute atomic E-state index is 12.0. The lowest BCUT2D eigenvalue weighted by atomic mass is 10.2. The van der Waals surface area contributed by atoms with Crippen molar-refractivity contribution in [2.75, 3.05) is 5.32 Å². The molecule has 0 aliphatic heterocycles. The summed E-state index contributed by atoms with van der Waals surface area (Å²) in [6.07, 6.45) is 1.49. The van der Waals surface area contributed by atoms with Crippen molar-refractivity contribution in [2.45, 2.75) is 0 Å². The van der Waals surface area contributed by atoms with Crippen molar-refractivity contribution >= 4 is 17.5 Å². The van der Waals surface area contributed by atoms with E-state index in [9.17, 15) is 14.9 Å². The third kappa shape index (κ3) is 2.68. The second-order valence-electron chi connectivity index (χ2n) is 4.25. The SMILES string of the molecule is O=C(Nc1n[nH]c(-c2ccco2)n1)c1cccc([N+](=O)[O-])c1. The molecular weight excluding hydrogens is 290 g/mol. The van der Waals surface area contributed by atoms with Crippen molar-refractivity contribution in [2.24, 2.45) is 0 Å². The minimum absolute atomic E-state index is 0.0444. The first-order chi connectivity index (χ1) is 10.6. The summed E-state index contributed by atoms with van der Waals surface area (Å²) in [4.78, 5) is 26.2. The van der Waals surface area contributed by atoms with Crippen LogP contribution in [0.2, 0.25) is 0 Å². The molecule has 0 radical (unpaired) electrons. The van der Waals surface area contributed by atoms with Gasteiger partial charge in [-0.3, -0.25) is 25.3 Å². The van der Waals surface area contributed by atoms with Crippen molar-refractivity contribution < 1.29 is 14.1 Å². The van der Waals surface area contributed by atoms with Crippen molar-refractivity contribution in [3.63, 3.8) is 0 Å². The van der Waals surface area contributed by atoms with Crippen molar-refractivity contribution in [1.29, 1.82) is 0 Å². The molecule has 0 spiro atoms. The molecule has 9 heteroatoms. The number of carbonyl (C=O) groups is 1. The first-order valence-corrected chi connectivity index (χ1v) is 6.15. The van der Waals surface area contributed by atoms with Gasteiger partial charge in [0, 0.05) is 17.7 Å². The number of nitro benzene ring substituents is 1. The Labute approximate surface area is 123 Å². The fourth-order valence-electron chi connectivity index (χ4n) is 1.78. The highest BCUT2D eigenvalue weighted by atomic mass is 16.6. The second kappa shape index (κ2) is 5.48. The number of anilines is 1.